The highest BCUT2D eigenvalue weighted by molar-refractivity contribution is 5.85. The van der Waals surface area contributed by atoms with Gasteiger partial charge in [0.05, 0.1) is 0 Å². The summed E-state index contributed by atoms with van der Waals surface area (Å²) in [5.74, 6) is 2.25. The van der Waals surface area contributed by atoms with Crippen LogP contribution >= 0.6 is 12.4 Å². The standard InChI is InChI=1S/C17H24FN.ClH/c1-19(2)11-13-4-3-5-17-15-9-7-14(18)10-12(15)6-8-16(13)17;/h7,9-10,13,16-17H,3-6,8,11H2,1-2H3;1H. The van der Waals surface area contributed by atoms with E-state index in [-0.39, 0.29) is 18.2 Å². The molecule has 2 aliphatic carbocycles. The van der Waals surface area contributed by atoms with Crippen molar-refractivity contribution in [3.8, 4) is 0 Å². The Labute approximate surface area is 128 Å². The number of hydrogen-bond acceptors (Lipinski definition) is 1. The van der Waals surface area contributed by atoms with Crippen LogP contribution < -0.4 is 0 Å². The van der Waals surface area contributed by atoms with Crippen LogP contribution in [-0.2, 0) is 6.42 Å². The Morgan fingerprint density at radius 2 is 2.00 bits per heavy atom. The zero-order chi connectivity index (χ0) is 13.4. The summed E-state index contributed by atoms with van der Waals surface area (Å²) in [5.41, 5.74) is 2.72. The maximum atomic E-state index is 13.4. The van der Waals surface area contributed by atoms with Crippen molar-refractivity contribution in [3.63, 3.8) is 0 Å². The van der Waals surface area contributed by atoms with Crippen molar-refractivity contribution in [1.29, 1.82) is 0 Å². The minimum atomic E-state index is -0.0714. The number of hydrogen-bond donors (Lipinski definition) is 0. The minimum Gasteiger partial charge on any atom is -0.309 e. The summed E-state index contributed by atoms with van der Waals surface area (Å²) in [6, 6.07) is 5.47. The SMILES string of the molecule is CN(C)CC1CCCC2c3ccc(F)cc3CCC12.Cl. The van der Waals surface area contributed by atoms with Gasteiger partial charge in [-0.2, -0.15) is 0 Å². The van der Waals surface area contributed by atoms with Crippen molar-refractivity contribution in [1.82, 2.24) is 4.90 Å². The van der Waals surface area contributed by atoms with Crippen LogP contribution in [-0.4, -0.2) is 25.5 Å². The van der Waals surface area contributed by atoms with Gasteiger partial charge in [0.2, 0.25) is 0 Å². The van der Waals surface area contributed by atoms with Gasteiger partial charge in [-0.3, -0.25) is 0 Å². The zero-order valence-electron chi connectivity index (χ0n) is 12.4. The lowest BCUT2D eigenvalue weighted by atomic mass is 9.63. The van der Waals surface area contributed by atoms with Gasteiger partial charge in [0.1, 0.15) is 5.82 Å². The van der Waals surface area contributed by atoms with Gasteiger partial charge in [-0.15, -0.1) is 12.4 Å². The van der Waals surface area contributed by atoms with Gasteiger partial charge in [0, 0.05) is 6.54 Å². The lowest BCUT2D eigenvalue weighted by molar-refractivity contribution is 0.145. The molecule has 3 rings (SSSR count). The lowest BCUT2D eigenvalue weighted by Crippen LogP contribution is -2.36. The molecule has 0 aromatic heterocycles. The highest BCUT2D eigenvalue weighted by atomic mass is 35.5. The molecule has 1 fully saturated rings. The van der Waals surface area contributed by atoms with Gasteiger partial charge in [-0.25, -0.2) is 4.39 Å². The third kappa shape index (κ3) is 3.01. The van der Waals surface area contributed by atoms with Crippen LogP contribution in [0.4, 0.5) is 4.39 Å². The fourth-order valence-electron chi connectivity index (χ4n) is 4.35. The molecule has 0 heterocycles. The Morgan fingerprint density at radius 1 is 1.20 bits per heavy atom. The van der Waals surface area contributed by atoms with Crippen LogP contribution in [0.2, 0.25) is 0 Å². The minimum absolute atomic E-state index is 0. The number of halogens is 2. The molecule has 3 heteroatoms. The average Bonchev–Trinajstić information content (AvgIpc) is 2.37. The largest absolute Gasteiger partial charge is 0.309 e. The molecular formula is C17H25ClFN. The predicted molar refractivity (Wildman–Crippen MR) is 84.1 cm³/mol. The van der Waals surface area contributed by atoms with E-state index >= 15 is 0 Å². The third-order valence-corrected chi connectivity index (χ3v) is 5.06. The maximum absolute atomic E-state index is 13.4. The number of fused-ring (bicyclic) bond motifs is 3. The fourth-order valence-corrected chi connectivity index (χ4v) is 4.35. The van der Waals surface area contributed by atoms with Crippen LogP contribution in [0.25, 0.3) is 0 Å². The van der Waals surface area contributed by atoms with Gasteiger partial charge in [0.15, 0.2) is 0 Å². The van der Waals surface area contributed by atoms with E-state index in [0.717, 1.165) is 18.3 Å². The lowest BCUT2D eigenvalue weighted by Gasteiger charge is -2.43. The molecule has 20 heavy (non-hydrogen) atoms. The molecule has 0 N–H and O–H groups in total. The topological polar surface area (TPSA) is 3.24 Å². The Morgan fingerprint density at radius 3 is 2.75 bits per heavy atom. The molecule has 112 valence electrons. The molecule has 0 aliphatic heterocycles. The van der Waals surface area contributed by atoms with Crippen molar-refractivity contribution in [2.75, 3.05) is 20.6 Å². The summed E-state index contributed by atoms with van der Waals surface area (Å²) in [7, 11) is 4.35. The Kier molecular flexibility index (Phi) is 5.09. The third-order valence-electron chi connectivity index (χ3n) is 5.06. The highest BCUT2D eigenvalue weighted by Gasteiger charge is 2.37. The van der Waals surface area contributed by atoms with Crippen molar-refractivity contribution in [2.45, 2.75) is 38.0 Å². The summed E-state index contributed by atoms with van der Waals surface area (Å²) in [6.07, 6.45) is 6.32. The van der Waals surface area contributed by atoms with Crippen LogP contribution in [0.1, 0.15) is 42.7 Å². The van der Waals surface area contributed by atoms with E-state index in [0.29, 0.717) is 5.92 Å². The maximum Gasteiger partial charge on any atom is 0.123 e. The summed E-state index contributed by atoms with van der Waals surface area (Å²) in [5, 5.41) is 0. The second-order valence-electron chi connectivity index (χ2n) is 6.61. The van der Waals surface area contributed by atoms with E-state index in [1.807, 2.05) is 0 Å². The molecule has 0 spiro atoms. The molecule has 0 amide bonds. The summed E-state index contributed by atoms with van der Waals surface area (Å²) < 4.78 is 13.4. The first-order chi connectivity index (χ1) is 9.15. The van der Waals surface area contributed by atoms with Gasteiger partial charge in [-0.1, -0.05) is 12.5 Å². The van der Waals surface area contributed by atoms with E-state index in [9.17, 15) is 4.39 Å². The Bertz CT molecular complexity index is 460. The molecule has 1 nitrogen and oxygen atoms in total. The summed E-state index contributed by atoms with van der Waals surface area (Å²) in [6.45, 7) is 1.21. The molecule has 1 aromatic carbocycles. The quantitative estimate of drug-likeness (QED) is 0.788. The molecule has 3 unspecified atom stereocenters. The van der Waals surface area contributed by atoms with Crippen molar-refractivity contribution >= 4 is 12.4 Å². The molecule has 0 radical (unpaired) electrons. The fraction of sp³-hybridized carbons (Fsp3) is 0.647. The van der Waals surface area contributed by atoms with Gasteiger partial charge in [0.25, 0.3) is 0 Å². The van der Waals surface area contributed by atoms with Gasteiger partial charge in [-0.05, 0) is 80.8 Å². The molecule has 0 saturated heterocycles. The zero-order valence-corrected chi connectivity index (χ0v) is 13.3. The van der Waals surface area contributed by atoms with Gasteiger partial charge >= 0.3 is 0 Å². The second kappa shape index (κ2) is 6.44. The van der Waals surface area contributed by atoms with E-state index in [1.165, 1.54) is 43.4 Å². The molecule has 0 bridgehead atoms. The van der Waals surface area contributed by atoms with Crippen molar-refractivity contribution in [2.24, 2.45) is 11.8 Å². The number of rotatable bonds is 2. The molecular weight excluding hydrogens is 273 g/mol. The average molecular weight is 298 g/mol. The molecule has 2 aliphatic rings. The van der Waals surface area contributed by atoms with Gasteiger partial charge < -0.3 is 4.90 Å². The smallest absolute Gasteiger partial charge is 0.123 e. The number of benzene rings is 1. The van der Waals surface area contributed by atoms with Crippen LogP contribution in [0.15, 0.2) is 18.2 Å². The first-order valence-corrected chi connectivity index (χ1v) is 7.58. The summed E-state index contributed by atoms with van der Waals surface area (Å²) in [4.78, 5) is 2.33. The first kappa shape index (κ1) is 15.8. The molecule has 1 saturated carbocycles. The Balaban J connectivity index is 0.00000147. The highest BCUT2D eigenvalue weighted by Crippen LogP contribution is 2.47. The number of nitrogens with zero attached hydrogens (tertiary/aromatic N) is 1. The van der Waals surface area contributed by atoms with E-state index in [4.69, 9.17) is 0 Å². The van der Waals surface area contributed by atoms with E-state index in [1.54, 1.807) is 12.1 Å². The monoisotopic (exact) mass is 297 g/mol. The van der Waals surface area contributed by atoms with Crippen molar-refractivity contribution in [3.05, 3.63) is 35.1 Å². The van der Waals surface area contributed by atoms with Crippen LogP contribution in [0, 0.1) is 17.7 Å². The van der Waals surface area contributed by atoms with E-state index in [2.05, 4.69) is 25.1 Å². The molecule has 1 aromatic rings. The summed E-state index contributed by atoms with van der Waals surface area (Å²) >= 11 is 0. The normalized spacial score (nSPS) is 28.5. The van der Waals surface area contributed by atoms with E-state index < -0.39 is 0 Å². The predicted octanol–water partition coefficient (Wildman–Crippen LogP) is 4.26. The van der Waals surface area contributed by atoms with Crippen LogP contribution in [0.5, 0.6) is 0 Å². The molecule has 3 atom stereocenters. The Hall–Kier alpha value is -0.600. The second-order valence-corrected chi connectivity index (χ2v) is 6.61. The first-order valence-electron chi connectivity index (χ1n) is 7.58. The van der Waals surface area contributed by atoms with Crippen molar-refractivity contribution < 1.29 is 4.39 Å². The number of aryl methyl sites for hydroxylation is 1. The van der Waals surface area contributed by atoms with Crippen LogP contribution in [0.3, 0.4) is 0 Å².